The van der Waals surface area contributed by atoms with Crippen molar-refractivity contribution in [1.29, 1.82) is 0 Å². The van der Waals surface area contributed by atoms with Crippen LogP contribution in [0, 0.1) is 6.92 Å². The zero-order valence-corrected chi connectivity index (χ0v) is 17.1. The predicted molar refractivity (Wildman–Crippen MR) is 121 cm³/mol. The highest BCUT2D eigenvalue weighted by Crippen LogP contribution is 2.28. The number of anilines is 2. The number of benzene rings is 3. The number of amides is 1. The molecular formula is C24H25N3O3. The molecule has 0 aromatic heterocycles. The molecule has 6 heteroatoms. The topological polar surface area (TPSA) is 71.9 Å². The lowest BCUT2D eigenvalue weighted by Crippen LogP contribution is -2.20. The first kappa shape index (κ1) is 20.9. The molecular weight excluding hydrogens is 378 g/mol. The quantitative estimate of drug-likeness (QED) is 0.395. The van der Waals surface area contributed by atoms with Crippen molar-refractivity contribution >= 4 is 23.5 Å². The molecule has 2 N–H and O–H groups in total. The number of ether oxygens (including phenoxy) is 2. The van der Waals surface area contributed by atoms with Gasteiger partial charge in [-0.15, -0.1) is 0 Å². The van der Waals surface area contributed by atoms with Gasteiger partial charge in [-0.3, -0.25) is 10.2 Å². The Morgan fingerprint density at radius 3 is 2.43 bits per heavy atom. The molecule has 154 valence electrons. The summed E-state index contributed by atoms with van der Waals surface area (Å²) in [6.45, 7) is 4.26. The molecule has 0 spiro atoms. The Morgan fingerprint density at radius 1 is 0.933 bits per heavy atom. The van der Waals surface area contributed by atoms with E-state index in [0.717, 1.165) is 22.5 Å². The van der Waals surface area contributed by atoms with Gasteiger partial charge in [-0.2, -0.15) is 5.10 Å². The van der Waals surface area contributed by atoms with Gasteiger partial charge in [0.05, 0.1) is 18.5 Å². The van der Waals surface area contributed by atoms with Gasteiger partial charge in [0.2, 0.25) is 0 Å². The second-order valence-corrected chi connectivity index (χ2v) is 6.58. The average molecular weight is 403 g/mol. The Labute approximate surface area is 176 Å². The van der Waals surface area contributed by atoms with Crippen LogP contribution in [0.3, 0.4) is 0 Å². The summed E-state index contributed by atoms with van der Waals surface area (Å²) < 4.78 is 11.3. The fourth-order valence-electron chi connectivity index (χ4n) is 2.66. The zero-order chi connectivity index (χ0) is 21.2. The molecule has 0 aliphatic rings. The van der Waals surface area contributed by atoms with Crippen LogP contribution in [0.4, 0.5) is 11.4 Å². The smallest absolute Gasteiger partial charge is 0.262 e. The number of nitrogens with one attached hydrogen (secondary N) is 2. The molecule has 3 rings (SSSR count). The zero-order valence-electron chi connectivity index (χ0n) is 17.1. The van der Waals surface area contributed by atoms with E-state index in [9.17, 15) is 4.79 Å². The Kier molecular flexibility index (Phi) is 7.44. The monoisotopic (exact) mass is 403 g/mol. The van der Waals surface area contributed by atoms with Crippen molar-refractivity contribution in [2.45, 2.75) is 13.8 Å². The van der Waals surface area contributed by atoms with E-state index in [0.29, 0.717) is 18.1 Å². The third-order valence-corrected chi connectivity index (χ3v) is 4.14. The second-order valence-electron chi connectivity index (χ2n) is 6.58. The van der Waals surface area contributed by atoms with E-state index >= 15 is 0 Å². The molecule has 1 amide bonds. The number of hydrogen-bond donors (Lipinski definition) is 2. The van der Waals surface area contributed by atoms with E-state index in [1.54, 1.807) is 12.3 Å². The van der Waals surface area contributed by atoms with Gasteiger partial charge >= 0.3 is 0 Å². The van der Waals surface area contributed by atoms with Crippen LogP contribution >= 0.6 is 0 Å². The van der Waals surface area contributed by atoms with Gasteiger partial charge in [-0.25, -0.2) is 0 Å². The van der Waals surface area contributed by atoms with Crippen molar-refractivity contribution in [2.75, 3.05) is 24.0 Å². The van der Waals surface area contributed by atoms with Crippen molar-refractivity contribution < 1.29 is 14.3 Å². The van der Waals surface area contributed by atoms with Crippen molar-refractivity contribution in [2.24, 2.45) is 5.10 Å². The maximum atomic E-state index is 12.2. The number of rotatable bonds is 9. The molecule has 0 atom stereocenters. The molecule has 0 bridgehead atoms. The van der Waals surface area contributed by atoms with Crippen LogP contribution < -0.4 is 20.2 Å². The molecule has 0 saturated carbocycles. The first-order valence-electron chi connectivity index (χ1n) is 9.74. The summed E-state index contributed by atoms with van der Waals surface area (Å²) >= 11 is 0. The number of hydrogen-bond acceptors (Lipinski definition) is 5. The lowest BCUT2D eigenvalue weighted by Gasteiger charge is -2.12. The van der Waals surface area contributed by atoms with Gasteiger partial charge < -0.3 is 14.8 Å². The molecule has 0 heterocycles. The standard InChI is InChI=1S/C24H25N3O3/c1-3-29-23-15-19(16-25-27-21-7-5-4-6-8-21)11-14-22(23)30-17-24(28)26-20-12-9-18(2)10-13-20/h4-16,27H,3,17H2,1-2H3,(H,26,28). The Bertz CT molecular complexity index is 986. The minimum atomic E-state index is -0.237. The van der Waals surface area contributed by atoms with Gasteiger partial charge in [0.25, 0.3) is 5.91 Å². The number of para-hydroxylation sites is 1. The van der Waals surface area contributed by atoms with Crippen LogP contribution in [0.5, 0.6) is 11.5 Å². The summed E-state index contributed by atoms with van der Waals surface area (Å²) in [5, 5.41) is 7.05. The number of carbonyl (C=O) groups excluding carboxylic acids is 1. The summed E-state index contributed by atoms with van der Waals surface area (Å²) in [6.07, 6.45) is 1.70. The summed E-state index contributed by atoms with van der Waals surface area (Å²) in [5.74, 6) is 0.826. The molecule has 6 nitrogen and oxygen atoms in total. The van der Waals surface area contributed by atoms with Gasteiger partial charge in [-0.05, 0) is 61.9 Å². The fourth-order valence-corrected chi connectivity index (χ4v) is 2.66. The van der Waals surface area contributed by atoms with Crippen LogP contribution in [0.2, 0.25) is 0 Å². The molecule has 0 radical (unpaired) electrons. The Hall–Kier alpha value is -3.80. The van der Waals surface area contributed by atoms with E-state index < -0.39 is 0 Å². The maximum Gasteiger partial charge on any atom is 0.262 e. The highest BCUT2D eigenvalue weighted by Gasteiger charge is 2.09. The largest absolute Gasteiger partial charge is 0.490 e. The fraction of sp³-hybridized carbons (Fsp3) is 0.167. The molecule has 0 aliphatic heterocycles. The van der Waals surface area contributed by atoms with Crippen LogP contribution in [-0.4, -0.2) is 25.3 Å². The first-order valence-corrected chi connectivity index (χ1v) is 9.74. The third kappa shape index (κ3) is 6.38. The van der Waals surface area contributed by atoms with E-state index in [1.807, 2.05) is 80.6 Å². The molecule has 3 aromatic carbocycles. The van der Waals surface area contributed by atoms with Crippen molar-refractivity contribution in [3.8, 4) is 11.5 Å². The van der Waals surface area contributed by atoms with E-state index in [4.69, 9.17) is 9.47 Å². The van der Waals surface area contributed by atoms with Gasteiger partial charge in [0.1, 0.15) is 0 Å². The lowest BCUT2D eigenvalue weighted by atomic mass is 10.2. The van der Waals surface area contributed by atoms with E-state index in [2.05, 4.69) is 15.8 Å². The number of hydrazone groups is 1. The van der Waals surface area contributed by atoms with Crippen molar-refractivity contribution in [1.82, 2.24) is 0 Å². The Balaban J connectivity index is 1.60. The number of carbonyl (C=O) groups is 1. The van der Waals surface area contributed by atoms with Crippen molar-refractivity contribution in [3.05, 3.63) is 83.9 Å². The summed E-state index contributed by atoms with van der Waals surface area (Å²) in [6, 6.07) is 22.7. The molecule has 3 aromatic rings. The molecule has 0 unspecified atom stereocenters. The van der Waals surface area contributed by atoms with Crippen molar-refractivity contribution in [3.63, 3.8) is 0 Å². The maximum absolute atomic E-state index is 12.2. The molecule has 30 heavy (non-hydrogen) atoms. The number of nitrogens with zero attached hydrogens (tertiary/aromatic N) is 1. The molecule has 0 aliphatic carbocycles. The lowest BCUT2D eigenvalue weighted by molar-refractivity contribution is -0.118. The number of aryl methyl sites for hydroxylation is 1. The van der Waals surface area contributed by atoms with Gasteiger partial charge in [0.15, 0.2) is 18.1 Å². The SMILES string of the molecule is CCOc1cc(C=NNc2ccccc2)ccc1OCC(=O)Nc1ccc(C)cc1. The van der Waals surface area contributed by atoms with E-state index in [1.165, 1.54) is 0 Å². The minimum absolute atomic E-state index is 0.114. The summed E-state index contributed by atoms with van der Waals surface area (Å²) in [7, 11) is 0. The summed E-state index contributed by atoms with van der Waals surface area (Å²) in [5.41, 5.74) is 6.58. The predicted octanol–water partition coefficient (Wildman–Crippen LogP) is 4.86. The van der Waals surface area contributed by atoms with Crippen LogP contribution in [0.15, 0.2) is 77.9 Å². The molecule has 0 saturated heterocycles. The molecule has 0 fully saturated rings. The minimum Gasteiger partial charge on any atom is -0.490 e. The van der Waals surface area contributed by atoms with Gasteiger partial charge in [0, 0.05) is 5.69 Å². The normalized spacial score (nSPS) is 10.6. The van der Waals surface area contributed by atoms with Gasteiger partial charge in [-0.1, -0.05) is 35.9 Å². The van der Waals surface area contributed by atoms with Crippen LogP contribution in [0.1, 0.15) is 18.1 Å². The highest BCUT2D eigenvalue weighted by molar-refractivity contribution is 5.92. The average Bonchev–Trinajstić information content (AvgIpc) is 2.76. The van der Waals surface area contributed by atoms with Crippen LogP contribution in [0.25, 0.3) is 0 Å². The first-order chi connectivity index (χ1) is 14.6. The highest BCUT2D eigenvalue weighted by atomic mass is 16.5. The summed E-state index contributed by atoms with van der Waals surface area (Å²) in [4.78, 5) is 12.2. The Morgan fingerprint density at radius 2 is 1.70 bits per heavy atom. The third-order valence-electron chi connectivity index (χ3n) is 4.14. The van der Waals surface area contributed by atoms with Crippen LogP contribution in [-0.2, 0) is 4.79 Å². The van der Waals surface area contributed by atoms with E-state index in [-0.39, 0.29) is 12.5 Å². The second kappa shape index (κ2) is 10.7.